The molecule has 0 aliphatic carbocycles. The number of benzene rings is 2. The Kier molecular flexibility index (Phi) is 5.34. The summed E-state index contributed by atoms with van der Waals surface area (Å²) < 4.78 is 27.8. The van der Waals surface area contributed by atoms with E-state index in [0.29, 0.717) is 36.6 Å². The highest BCUT2D eigenvalue weighted by atomic mass is 32.2. The SMILES string of the molecule is CC1CCCN(S(=O)(=O)c2ccc3nnn(OCC(=O)N4CCc5ccccc54)c3c2)C1. The van der Waals surface area contributed by atoms with E-state index >= 15 is 0 Å². The number of hydrogen-bond acceptors (Lipinski definition) is 6. The van der Waals surface area contributed by atoms with E-state index in [1.54, 1.807) is 17.0 Å². The summed E-state index contributed by atoms with van der Waals surface area (Å²) in [7, 11) is -3.63. The fourth-order valence-corrected chi connectivity index (χ4v) is 6.06. The number of nitrogens with zero attached hydrogens (tertiary/aromatic N) is 5. The molecule has 0 saturated carbocycles. The van der Waals surface area contributed by atoms with Crippen LogP contribution >= 0.6 is 0 Å². The Balaban J connectivity index is 1.35. The predicted molar refractivity (Wildman–Crippen MR) is 119 cm³/mol. The van der Waals surface area contributed by atoms with Crippen LogP contribution in [-0.2, 0) is 21.2 Å². The van der Waals surface area contributed by atoms with Crippen LogP contribution in [0.1, 0.15) is 25.3 Å². The Labute approximate surface area is 186 Å². The molecule has 3 heterocycles. The molecule has 0 N–H and O–H groups in total. The molecule has 9 nitrogen and oxygen atoms in total. The van der Waals surface area contributed by atoms with Gasteiger partial charge in [-0.05, 0) is 60.2 Å². The molecule has 168 valence electrons. The second kappa shape index (κ2) is 8.18. The first kappa shape index (κ1) is 20.9. The van der Waals surface area contributed by atoms with Gasteiger partial charge in [-0.15, -0.1) is 5.10 Å². The lowest BCUT2D eigenvalue weighted by molar-refractivity contribution is -0.123. The molecular formula is C22H25N5O4S. The molecule has 1 saturated heterocycles. The third kappa shape index (κ3) is 3.73. The number of fused-ring (bicyclic) bond motifs is 2. The molecular weight excluding hydrogens is 430 g/mol. The topological polar surface area (TPSA) is 97.6 Å². The highest BCUT2D eigenvalue weighted by Crippen LogP contribution is 2.28. The van der Waals surface area contributed by atoms with Crippen molar-refractivity contribution in [3.63, 3.8) is 0 Å². The predicted octanol–water partition coefficient (Wildman–Crippen LogP) is 1.87. The first-order chi connectivity index (χ1) is 15.4. The van der Waals surface area contributed by atoms with E-state index < -0.39 is 10.0 Å². The Morgan fingerprint density at radius 3 is 2.88 bits per heavy atom. The van der Waals surface area contributed by atoms with Crippen LogP contribution in [-0.4, -0.2) is 60.0 Å². The molecule has 0 radical (unpaired) electrons. The minimum Gasteiger partial charge on any atom is -0.385 e. The van der Waals surface area contributed by atoms with Gasteiger partial charge in [0.2, 0.25) is 10.0 Å². The Morgan fingerprint density at radius 1 is 1.19 bits per heavy atom. The van der Waals surface area contributed by atoms with Crippen LogP contribution in [0.3, 0.4) is 0 Å². The first-order valence-corrected chi connectivity index (χ1v) is 12.2. The van der Waals surface area contributed by atoms with Gasteiger partial charge in [0, 0.05) is 25.3 Å². The van der Waals surface area contributed by atoms with Crippen LogP contribution < -0.4 is 9.74 Å². The number of aromatic nitrogens is 3. The van der Waals surface area contributed by atoms with Gasteiger partial charge in [0.05, 0.1) is 4.90 Å². The van der Waals surface area contributed by atoms with E-state index in [4.69, 9.17) is 4.84 Å². The van der Waals surface area contributed by atoms with Crippen molar-refractivity contribution >= 4 is 32.7 Å². The lowest BCUT2D eigenvalue weighted by Gasteiger charge is -2.30. The number of sulfonamides is 1. The average molecular weight is 456 g/mol. The zero-order chi connectivity index (χ0) is 22.3. The molecule has 1 atom stereocenters. The van der Waals surface area contributed by atoms with Gasteiger partial charge in [-0.1, -0.05) is 30.0 Å². The zero-order valence-corrected chi connectivity index (χ0v) is 18.7. The van der Waals surface area contributed by atoms with Crippen LogP contribution in [0.25, 0.3) is 11.0 Å². The molecule has 1 amide bonds. The van der Waals surface area contributed by atoms with Crippen molar-refractivity contribution in [2.45, 2.75) is 31.1 Å². The molecule has 1 aromatic heterocycles. The third-order valence-corrected chi connectivity index (χ3v) is 8.00. The van der Waals surface area contributed by atoms with Gasteiger partial charge in [0.15, 0.2) is 6.61 Å². The average Bonchev–Trinajstić information content (AvgIpc) is 3.41. The third-order valence-electron chi connectivity index (χ3n) is 6.14. The Morgan fingerprint density at radius 2 is 2.03 bits per heavy atom. The Hall–Kier alpha value is -2.98. The zero-order valence-electron chi connectivity index (χ0n) is 17.8. The summed E-state index contributed by atoms with van der Waals surface area (Å²) in [6.07, 6.45) is 2.70. The van der Waals surface area contributed by atoms with Crippen molar-refractivity contribution in [1.82, 2.24) is 19.5 Å². The van der Waals surface area contributed by atoms with E-state index in [9.17, 15) is 13.2 Å². The van der Waals surface area contributed by atoms with Crippen molar-refractivity contribution in [1.29, 1.82) is 0 Å². The summed E-state index contributed by atoms with van der Waals surface area (Å²) in [5, 5.41) is 7.98. The summed E-state index contributed by atoms with van der Waals surface area (Å²) in [4.78, 5) is 21.4. The summed E-state index contributed by atoms with van der Waals surface area (Å²) in [5.74, 6) is 0.143. The van der Waals surface area contributed by atoms with Crippen molar-refractivity contribution in [2.75, 3.05) is 31.1 Å². The van der Waals surface area contributed by atoms with Crippen LogP contribution in [0.15, 0.2) is 47.4 Å². The molecule has 0 bridgehead atoms. The standard InChI is InChI=1S/C22H25N5O4S/c1-16-5-4-11-25(14-16)32(29,30)18-8-9-19-21(13-18)27(24-23-19)31-15-22(28)26-12-10-17-6-2-3-7-20(17)26/h2-3,6-9,13,16H,4-5,10-12,14-15H2,1H3. The molecule has 5 rings (SSSR count). The van der Waals surface area contributed by atoms with Gasteiger partial charge < -0.3 is 9.74 Å². The van der Waals surface area contributed by atoms with E-state index in [0.717, 1.165) is 35.4 Å². The number of rotatable bonds is 5. The van der Waals surface area contributed by atoms with Crippen LogP contribution in [0.5, 0.6) is 0 Å². The van der Waals surface area contributed by atoms with Crippen molar-refractivity contribution in [3.05, 3.63) is 48.0 Å². The van der Waals surface area contributed by atoms with Crippen LogP contribution in [0, 0.1) is 5.92 Å². The normalized spacial score (nSPS) is 19.3. The molecule has 1 fully saturated rings. The summed E-state index contributed by atoms with van der Waals surface area (Å²) >= 11 is 0. The monoisotopic (exact) mass is 455 g/mol. The highest BCUT2D eigenvalue weighted by Gasteiger charge is 2.29. The number of amides is 1. The van der Waals surface area contributed by atoms with E-state index in [-0.39, 0.29) is 17.4 Å². The second-order valence-corrected chi connectivity index (χ2v) is 10.4. The van der Waals surface area contributed by atoms with E-state index in [1.807, 2.05) is 24.3 Å². The number of carbonyl (C=O) groups is 1. The number of piperidine rings is 1. The largest absolute Gasteiger partial charge is 0.385 e. The van der Waals surface area contributed by atoms with Gasteiger partial charge in [-0.2, -0.15) is 4.31 Å². The van der Waals surface area contributed by atoms with E-state index in [2.05, 4.69) is 17.2 Å². The molecule has 2 aliphatic rings. The molecule has 3 aromatic rings. The molecule has 0 spiro atoms. The summed E-state index contributed by atoms with van der Waals surface area (Å²) in [5.41, 5.74) is 2.93. The maximum absolute atomic E-state index is 13.1. The first-order valence-electron chi connectivity index (χ1n) is 10.8. The quantitative estimate of drug-likeness (QED) is 0.583. The van der Waals surface area contributed by atoms with Crippen molar-refractivity contribution in [2.24, 2.45) is 5.92 Å². The second-order valence-electron chi connectivity index (χ2n) is 8.42. The number of carbonyl (C=O) groups excluding carboxylic acids is 1. The van der Waals surface area contributed by atoms with Gasteiger partial charge in [-0.25, -0.2) is 8.42 Å². The lowest BCUT2D eigenvalue weighted by atomic mass is 10.0. The van der Waals surface area contributed by atoms with Crippen molar-refractivity contribution in [3.8, 4) is 0 Å². The van der Waals surface area contributed by atoms with Crippen LogP contribution in [0.4, 0.5) is 5.69 Å². The maximum atomic E-state index is 13.1. The maximum Gasteiger partial charge on any atom is 0.267 e. The molecule has 1 unspecified atom stereocenters. The van der Waals surface area contributed by atoms with E-state index in [1.165, 1.54) is 10.4 Å². The number of hydrogen-bond donors (Lipinski definition) is 0. The smallest absolute Gasteiger partial charge is 0.267 e. The fraction of sp³-hybridized carbons (Fsp3) is 0.409. The number of anilines is 1. The van der Waals surface area contributed by atoms with Gasteiger partial charge in [0.1, 0.15) is 11.0 Å². The summed E-state index contributed by atoms with van der Waals surface area (Å²) in [6.45, 7) is 3.47. The molecule has 32 heavy (non-hydrogen) atoms. The van der Waals surface area contributed by atoms with Crippen molar-refractivity contribution < 1.29 is 18.0 Å². The van der Waals surface area contributed by atoms with Crippen LogP contribution in [0.2, 0.25) is 0 Å². The highest BCUT2D eigenvalue weighted by molar-refractivity contribution is 7.89. The minimum absolute atomic E-state index is 0.172. The molecule has 2 aliphatic heterocycles. The number of para-hydroxylation sites is 1. The van der Waals surface area contributed by atoms with Gasteiger partial charge >= 0.3 is 0 Å². The molecule has 2 aromatic carbocycles. The van der Waals surface area contributed by atoms with Gasteiger partial charge in [0.25, 0.3) is 5.91 Å². The van der Waals surface area contributed by atoms with Gasteiger partial charge in [-0.3, -0.25) is 4.79 Å². The Bertz CT molecular complexity index is 1270. The summed E-state index contributed by atoms with van der Waals surface area (Å²) in [6, 6.07) is 12.5. The fourth-order valence-electron chi connectivity index (χ4n) is 4.44. The minimum atomic E-state index is -3.63. The molecule has 10 heteroatoms. The lowest BCUT2D eigenvalue weighted by Crippen LogP contribution is -2.39.